The van der Waals surface area contributed by atoms with Gasteiger partial charge < -0.3 is 33.5 Å². The number of ether oxygens (including phenoxy) is 5. The molecule has 2 unspecified atom stereocenters. The van der Waals surface area contributed by atoms with E-state index in [4.69, 9.17) is 18.9 Å². The number of allylic oxidation sites excluding steroid dienone is 1. The molecule has 4 fully saturated rings. The molecule has 0 radical (unpaired) electrons. The molecule has 12 nitrogen and oxygen atoms in total. The predicted molar refractivity (Wildman–Crippen MR) is 207 cm³/mol. The third-order valence-corrected chi connectivity index (χ3v) is 9.69. The van der Waals surface area contributed by atoms with Crippen LogP contribution in [-0.4, -0.2) is 94.1 Å². The van der Waals surface area contributed by atoms with E-state index in [0.717, 1.165) is 49.8 Å². The van der Waals surface area contributed by atoms with Crippen molar-refractivity contribution < 1.29 is 38.1 Å². The molecule has 298 valence electrons. The minimum atomic E-state index is -0.470. The van der Waals surface area contributed by atoms with Crippen molar-refractivity contribution in [1.82, 2.24) is 19.8 Å². The fraction of sp³-hybridized carbons (Fsp3) is 0.643. The molecule has 12 heteroatoms. The second-order valence-corrected chi connectivity index (χ2v) is 16.4. The lowest BCUT2D eigenvalue weighted by atomic mass is 10.1. The van der Waals surface area contributed by atoms with Crippen molar-refractivity contribution in [3.05, 3.63) is 60.7 Å². The van der Waals surface area contributed by atoms with Gasteiger partial charge in [-0.3, -0.25) is 14.8 Å². The number of likely N-dealkylation sites (tertiary alicyclic amines) is 2. The summed E-state index contributed by atoms with van der Waals surface area (Å²) in [4.78, 5) is 46.1. The zero-order chi connectivity index (χ0) is 39.6. The first-order valence-corrected chi connectivity index (χ1v) is 19.4. The summed E-state index contributed by atoms with van der Waals surface area (Å²) < 4.78 is 27.0. The zero-order valence-corrected chi connectivity index (χ0v) is 33.8. The number of amides is 2. The van der Waals surface area contributed by atoms with Crippen molar-refractivity contribution in [3.63, 3.8) is 0 Å². The topological polar surface area (TPSA) is 130 Å². The van der Waals surface area contributed by atoms with Crippen LogP contribution in [0.15, 0.2) is 49.6 Å². The molecule has 0 N–H and O–H groups in total. The van der Waals surface area contributed by atoms with Crippen LogP contribution in [0.1, 0.15) is 117 Å². The van der Waals surface area contributed by atoms with Gasteiger partial charge >= 0.3 is 18.2 Å². The largest absolute Gasteiger partial charge is 0.490 e. The molecule has 2 aromatic heterocycles. The maximum Gasteiger partial charge on any atom is 0.410 e. The van der Waals surface area contributed by atoms with Gasteiger partial charge in [0, 0.05) is 32.4 Å². The van der Waals surface area contributed by atoms with Gasteiger partial charge in [0.25, 0.3) is 0 Å². The lowest BCUT2D eigenvalue weighted by molar-refractivity contribution is -0.140. The summed E-state index contributed by atoms with van der Waals surface area (Å²) in [5.74, 6) is 3.89. The van der Waals surface area contributed by atoms with Gasteiger partial charge in [0.2, 0.25) is 0 Å². The Bertz CT molecular complexity index is 1570. The van der Waals surface area contributed by atoms with Gasteiger partial charge in [-0.15, -0.1) is 6.58 Å². The summed E-state index contributed by atoms with van der Waals surface area (Å²) in [6.07, 6.45) is 14.3. The molecular formula is C42H62N4O8. The maximum atomic E-state index is 12.1. The quantitative estimate of drug-likeness (QED) is 0.126. The fourth-order valence-electron chi connectivity index (χ4n) is 6.34. The molecule has 2 aliphatic heterocycles. The Morgan fingerprint density at radius 1 is 0.778 bits per heavy atom. The number of carbonyl (C=O) groups excluding carboxylic acids is 3. The van der Waals surface area contributed by atoms with Crippen molar-refractivity contribution in [2.24, 2.45) is 11.8 Å². The molecule has 54 heavy (non-hydrogen) atoms. The molecule has 0 aromatic carbocycles. The highest BCUT2D eigenvalue weighted by Crippen LogP contribution is 2.50. The van der Waals surface area contributed by atoms with E-state index in [1.54, 1.807) is 29.1 Å². The number of hydrogen-bond donors (Lipinski definition) is 0. The van der Waals surface area contributed by atoms with Crippen LogP contribution in [0.3, 0.4) is 0 Å². The standard InChI is InChI=1S/C19H28N2O3.C19H26N2O3.C4H8O2/c2*1-5-13-9-17(13)14-8-16(11-20-10-14)23-12-15-6-7-21(15)18(22)24-19(2,3)4;1-3-6-4(2)5/h8,10-11,13,15,17H,5-7,9,12H2,1-4H3;5,8,10-11,13,15,17H,1,6-7,9,12H2,2-4H3;3H2,1-2H3/t2*13-,15+,17?;/m11./s1. The van der Waals surface area contributed by atoms with Gasteiger partial charge in [-0.2, -0.15) is 0 Å². The van der Waals surface area contributed by atoms with E-state index in [1.165, 1.54) is 30.9 Å². The molecule has 2 saturated carbocycles. The van der Waals surface area contributed by atoms with Crippen molar-refractivity contribution in [2.45, 2.75) is 130 Å². The van der Waals surface area contributed by atoms with Crippen LogP contribution in [0, 0.1) is 11.8 Å². The Hall–Kier alpha value is -4.35. The van der Waals surface area contributed by atoms with Crippen LogP contribution >= 0.6 is 0 Å². The van der Waals surface area contributed by atoms with E-state index >= 15 is 0 Å². The summed E-state index contributed by atoms with van der Waals surface area (Å²) in [5, 5.41) is 0. The lowest BCUT2D eigenvalue weighted by Crippen LogP contribution is -2.55. The summed E-state index contributed by atoms with van der Waals surface area (Å²) in [5.41, 5.74) is 1.55. The molecule has 0 bridgehead atoms. The van der Waals surface area contributed by atoms with Crippen LogP contribution in [0.25, 0.3) is 0 Å². The van der Waals surface area contributed by atoms with E-state index in [0.29, 0.717) is 37.6 Å². The minimum Gasteiger partial charge on any atom is -0.490 e. The monoisotopic (exact) mass is 750 g/mol. The Kier molecular flexibility index (Phi) is 14.8. The van der Waals surface area contributed by atoms with Crippen molar-refractivity contribution in [3.8, 4) is 11.5 Å². The van der Waals surface area contributed by atoms with Gasteiger partial charge in [-0.1, -0.05) is 19.4 Å². The molecule has 6 atom stereocenters. The molecule has 2 aromatic rings. The van der Waals surface area contributed by atoms with Gasteiger partial charge in [0.15, 0.2) is 0 Å². The van der Waals surface area contributed by atoms with E-state index in [9.17, 15) is 14.4 Å². The summed E-state index contributed by atoms with van der Waals surface area (Å²) in [6.45, 7) is 23.4. The molecule has 2 saturated heterocycles. The summed E-state index contributed by atoms with van der Waals surface area (Å²) in [6, 6.07) is 4.32. The summed E-state index contributed by atoms with van der Waals surface area (Å²) >= 11 is 0. The predicted octanol–water partition coefficient (Wildman–Crippen LogP) is 8.31. The first kappa shape index (κ1) is 42.4. The highest BCUT2D eigenvalue weighted by atomic mass is 16.6. The highest BCUT2D eigenvalue weighted by molar-refractivity contribution is 5.70. The smallest absolute Gasteiger partial charge is 0.410 e. The van der Waals surface area contributed by atoms with E-state index in [-0.39, 0.29) is 30.2 Å². The molecule has 4 aliphatic rings. The molecule has 6 rings (SSSR count). The number of hydrogen-bond acceptors (Lipinski definition) is 10. The first-order valence-electron chi connectivity index (χ1n) is 19.4. The normalized spacial score (nSPS) is 23.7. The average Bonchev–Trinajstić information content (AvgIpc) is 3.98. The molecule has 0 spiro atoms. The van der Waals surface area contributed by atoms with Crippen molar-refractivity contribution >= 4 is 18.2 Å². The third kappa shape index (κ3) is 13.2. The number of esters is 1. The zero-order valence-electron chi connectivity index (χ0n) is 33.8. The van der Waals surface area contributed by atoms with Gasteiger partial charge in [-0.05, 0) is 121 Å². The molecule has 2 amide bonds. The van der Waals surface area contributed by atoms with Crippen LogP contribution in [0.4, 0.5) is 9.59 Å². The highest BCUT2D eigenvalue weighted by Gasteiger charge is 2.39. The molecule has 2 aliphatic carbocycles. The van der Waals surface area contributed by atoms with Crippen LogP contribution in [0.5, 0.6) is 11.5 Å². The van der Waals surface area contributed by atoms with E-state index < -0.39 is 11.2 Å². The molecule has 4 heterocycles. The number of carbonyl (C=O) groups is 3. The van der Waals surface area contributed by atoms with Crippen LogP contribution in [-0.2, 0) is 19.0 Å². The first-order chi connectivity index (χ1) is 25.5. The third-order valence-electron chi connectivity index (χ3n) is 9.69. The Morgan fingerprint density at radius 2 is 1.26 bits per heavy atom. The second-order valence-electron chi connectivity index (χ2n) is 16.4. The summed E-state index contributed by atoms with van der Waals surface area (Å²) in [7, 11) is 0. The Labute approximate surface area is 321 Å². The average molecular weight is 751 g/mol. The SMILES string of the molecule is C=C[C@@H]1CC1c1cncc(OC[C@@H]2CCN2C(=O)OC(C)(C)C)c1.CCOC(C)=O.CC[C@@H]1CC1c1cncc(OC[C@@H]2CCN2C(=O)OC(C)(C)C)c1. The van der Waals surface area contributed by atoms with Crippen molar-refractivity contribution in [1.29, 1.82) is 0 Å². The van der Waals surface area contributed by atoms with Gasteiger partial charge in [0.05, 0.1) is 31.1 Å². The number of aromatic nitrogens is 2. The minimum absolute atomic E-state index is 0.0744. The second kappa shape index (κ2) is 18.8. The molecular weight excluding hydrogens is 688 g/mol. The van der Waals surface area contributed by atoms with Crippen LogP contribution < -0.4 is 9.47 Å². The van der Waals surface area contributed by atoms with Gasteiger partial charge in [0.1, 0.15) is 35.9 Å². The number of rotatable bonds is 11. The number of pyridine rings is 2. The Balaban J connectivity index is 0.000000209. The number of nitrogens with zero attached hydrogens (tertiary/aromatic N) is 4. The van der Waals surface area contributed by atoms with Gasteiger partial charge in [-0.25, -0.2) is 9.59 Å². The van der Waals surface area contributed by atoms with E-state index in [2.05, 4.69) is 40.3 Å². The fourth-order valence-corrected chi connectivity index (χ4v) is 6.34. The van der Waals surface area contributed by atoms with E-state index in [1.807, 2.05) is 60.0 Å². The maximum absolute atomic E-state index is 12.1. The Morgan fingerprint density at radius 3 is 1.57 bits per heavy atom. The lowest BCUT2D eigenvalue weighted by Gasteiger charge is -2.41. The van der Waals surface area contributed by atoms with Crippen molar-refractivity contribution in [2.75, 3.05) is 32.9 Å². The van der Waals surface area contributed by atoms with Crippen LogP contribution in [0.2, 0.25) is 0 Å².